The number of anilines is 1. The number of ether oxygens (including phenoxy) is 3. The van der Waals surface area contributed by atoms with Gasteiger partial charge in [-0.2, -0.15) is 0 Å². The standard InChI is InChI=1S/C38H42FN3O7S/c1-47-32-15-9-12-28(22-32)25-41(34(23-27-10-5-4-6-11-27)38(44)40-30-13-7-8-14-30)37(43)26-42(31-18-16-29(39)17-19-31)50(45,46)33-20-21-35(48-2)36(24-33)49-3/h4-6,9-12,15-22,24,30,34H,7-8,13-14,23,25-26H2,1-3H3,(H,40,44)/t34-/m0/s1. The first-order valence-electron chi connectivity index (χ1n) is 16.4. The van der Waals surface area contributed by atoms with Gasteiger partial charge in [0.25, 0.3) is 10.0 Å². The van der Waals surface area contributed by atoms with Crippen molar-refractivity contribution in [3.63, 3.8) is 0 Å². The minimum Gasteiger partial charge on any atom is -0.497 e. The molecule has 2 amide bonds. The zero-order valence-corrected chi connectivity index (χ0v) is 29.2. The molecule has 10 nitrogen and oxygen atoms in total. The first-order chi connectivity index (χ1) is 24.1. The summed E-state index contributed by atoms with van der Waals surface area (Å²) in [5.74, 6) is -0.483. The van der Waals surface area contributed by atoms with Gasteiger partial charge in [0.2, 0.25) is 11.8 Å². The lowest BCUT2D eigenvalue weighted by molar-refractivity contribution is -0.140. The molecule has 0 bridgehead atoms. The summed E-state index contributed by atoms with van der Waals surface area (Å²) in [5.41, 5.74) is 1.57. The third-order valence-corrected chi connectivity index (χ3v) is 10.6. The lowest BCUT2D eigenvalue weighted by Crippen LogP contribution is -2.54. The minimum atomic E-state index is -4.45. The van der Waals surface area contributed by atoms with Gasteiger partial charge in [-0.25, -0.2) is 12.8 Å². The lowest BCUT2D eigenvalue weighted by atomic mass is 10.0. The molecule has 264 valence electrons. The maximum absolute atomic E-state index is 14.7. The molecule has 1 saturated carbocycles. The molecule has 0 aromatic heterocycles. The van der Waals surface area contributed by atoms with Crippen molar-refractivity contribution in [2.45, 2.75) is 55.6 Å². The predicted octanol–water partition coefficient (Wildman–Crippen LogP) is 5.75. The molecule has 50 heavy (non-hydrogen) atoms. The number of nitrogens with zero attached hydrogens (tertiary/aromatic N) is 2. The molecular weight excluding hydrogens is 661 g/mol. The largest absolute Gasteiger partial charge is 0.497 e. The van der Waals surface area contributed by atoms with Gasteiger partial charge in [-0.3, -0.25) is 13.9 Å². The number of halogens is 1. The highest BCUT2D eigenvalue weighted by atomic mass is 32.2. The van der Waals surface area contributed by atoms with Crippen LogP contribution >= 0.6 is 0 Å². The molecule has 1 aliphatic rings. The number of hydrogen-bond donors (Lipinski definition) is 1. The SMILES string of the molecule is COc1cccc(CN(C(=O)CN(c2ccc(F)cc2)S(=O)(=O)c2ccc(OC)c(OC)c2)[C@@H](Cc2ccccc2)C(=O)NC2CCCC2)c1. The van der Waals surface area contributed by atoms with Crippen LogP contribution in [0.4, 0.5) is 10.1 Å². The summed E-state index contributed by atoms with van der Waals surface area (Å²) in [6, 6.07) is 24.4. The molecule has 4 aromatic carbocycles. The van der Waals surface area contributed by atoms with Crippen LogP contribution in [0, 0.1) is 5.82 Å². The fraction of sp³-hybridized carbons (Fsp3) is 0.316. The molecule has 5 rings (SSSR count). The Morgan fingerprint density at radius 1 is 0.820 bits per heavy atom. The third kappa shape index (κ3) is 8.73. The van der Waals surface area contributed by atoms with Gasteiger partial charge in [-0.15, -0.1) is 0 Å². The minimum absolute atomic E-state index is 0.0146. The Balaban J connectivity index is 1.59. The molecule has 0 heterocycles. The number of carbonyl (C=O) groups is 2. The molecule has 1 aliphatic carbocycles. The second-order valence-electron chi connectivity index (χ2n) is 12.1. The molecule has 12 heteroatoms. The van der Waals surface area contributed by atoms with Crippen molar-refractivity contribution in [2.24, 2.45) is 0 Å². The molecule has 0 aliphatic heterocycles. The average molecular weight is 704 g/mol. The molecule has 0 radical (unpaired) electrons. The normalized spacial score (nSPS) is 13.7. The summed E-state index contributed by atoms with van der Waals surface area (Å²) in [4.78, 5) is 30.1. The molecule has 4 aromatic rings. The summed E-state index contributed by atoms with van der Waals surface area (Å²) in [5, 5.41) is 3.16. The Morgan fingerprint density at radius 3 is 2.16 bits per heavy atom. The van der Waals surface area contributed by atoms with Crippen LogP contribution in [-0.2, 0) is 32.6 Å². The topological polar surface area (TPSA) is 114 Å². The molecule has 1 N–H and O–H groups in total. The number of carbonyl (C=O) groups excluding carboxylic acids is 2. The number of benzene rings is 4. The number of rotatable bonds is 15. The van der Waals surface area contributed by atoms with Crippen LogP contribution in [0.15, 0.2) is 102 Å². The van der Waals surface area contributed by atoms with Crippen LogP contribution in [0.3, 0.4) is 0 Å². The summed E-state index contributed by atoms with van der Waals surface area (Å²) in [6.45, 7) is -0.701. The predicted molar refractivity (Wildman–Crippen MR) is 188 cm³/mol. The Labute approximate surface area is 292 Å². The van der Waals surface area contributed by atoms with E-state index >= 15 is 0 Å². The second-order valence-corrected chi connectivity index (χ2v) is 13.9. The van der Waals surface area contributed by atoms with Crippen LogP contribution in [-0.4, -0.2) is 65.1 Å². The summed E-state index contributed by atoms with van der Waals surface area (Å²) in [6.07, 6.45) is 3.88. The Kier molecular flexibility index (Phi) is 12.0. The highest BCUT2D eigenvalue weighted by Crippen LogP contribution is 2.33. The summed E-state index contributed by atoms with van der Waals surface area (Å²) < 4.78 is 59.8. The number of methoxy groups -OCH3 is 3. The summed E-state index contributed by atoms with van der Waals surface area (Å²) >= 11 is 0. The number of hydrogen-bond acceptors (Lipinski definition) is 7. The van der Waals surface area contributed by atoms with Gasteiger partial charge in [-0.1, -0.05) is 55.3 Å². The average Bonchev–Trinajstić information content (AvgIpc) is 3.65. The van der Waals surface area contributed by atoms with Crippen LogP contribution < -0.4 is 23.8 Å². The number of sulfonamides is 1. The third-order valence-electron chi connectivity index (χ3n) is 8.80. The zero-order valence-electron chi connectivity index (χ0n) is 28.4. The van der Waals surface area contributed by atoms with E-state index in [1.54, 1.807) is 18.2 Å². The van der Waals surface area contributed by atoms with Gasteiger partial charge in [0.1, 0.15) is 24.2 Å². The fourth-order valence-electron chi connectivity index (χ4n) is 6.13. The number of amides is 2. The highest BCUT2D eigenvalue weighted by molar-refractivity contribution is 7.92. The van der Waals surface area contributed by atoms with Gasteiger partial charge in [0, 0.05) is 25.1 Å². The molecular formula is C38H42FN3O7S. The molecule has 0 unspecified atom stereocenters. The van der Waals surface area contributed by atoms with Gasteiger partial charge in [0.05, 0.1) is 31.9 Å². The van der Waals surface area contributed by atoms with Crippen molar-refractivity contribution in [3.8, 4) is 17.2 Å². The zero-order chi connectivity index (χ0) is 35.7. The highest BCUT2D eigenvalue weighted by Gasteiger charge is 2.36. The van der Waals surface area contributed by atoms with Crippen LogP contribution in [0.1, 0.15) is 36.8 Å². The monoisotopic (exact) mass is 703 g/mol. The first-order valence-corrected chi connectivity index (χ1v) is 17.8. The van der Waals surface area contributed by atoms with Crippen LogP contribution in [0.2, 0.25) is 0 Å². The fourth-order valence-corrected chi connectivity index (χ4v) is 7.56. The first kappa shape index (κ1) is 36.2. The van der Waals surface area contributed by atoms with E-state index in [1.807, 2.05) is 36.4 Å². The van der Waals surface area contributed by atoms with Crippen molar-refractivity contribution in [3.05, 3.63) is 114 Å². The van der Waals surface area contributed by atoms with E-state index in [1.165, 1.54) is 56.6 Å². The summed E-state index contributed by atoms with van der Waals surface area (Å²) in [7, 11) is -0.100. The van der Waals surface area contributed by atoms with Crippen LogP contribution in [0.5, 0.6) is 17.2 Å². The van der Waals surface area contributed by atoms with E-state index < -0.39 is 34.3 Å². The van der Waals surface area contributed by atoms with Crippen LogP contribution in [0.25, 0.3) is 0 Å². The van der Waals surface area contributed by atoms with Gasteiger partial charge in [0.15, 0.2) is 11.5 Å². The quantitative estimate of drug-likeness (QED) is 0.168. The van der Waals surface area contributed by atoms with Crippen molar-refractivity contribution in [1.29, 1.82) is 0 Å². The molecule has 0 saturated heterocycles. The van der Waals surface area contributed by atoms with E-state index in [-0.39, 0.29) is 41.2 Å². The van der Waals surface area contributed by atoms with Crippen molar-refractivity contribution < 1.29 is 36.6 Å². The van der Waals surface area contributed by atoms with E-state index in [0.717, 1.165) is 47.7 Å². The smallest absolute Gasteiger partial charge is 0.264 e. The maximum Gasteiger partial charge on any atom is 0.264 e. The Bertz CT molecular complexity index is 1870. The van der Waals surface area contributed by atoms with Gasteiger partial charge >= 0.3 is 0 Å². The molecule has 1 atom stereocenters. The van der Waals surface area contributed by atoms with Crippen molar-refractivity contribution in [1.82, 2.24) is 10.2 Å². The van der Waals surface area contributed by atoms with Gasteiger partial charge in [-0.05, 0) is 72.5 Å². The van der Waals surface area contributed by atoms with E-state index in [2.05, 4.69) is 5.32 Å². The van der Waals surface area contributed by atoms with E-state index in [9.17, 15) is 22.4 Å². The van der Waals surface area contributed by atoms with Crippen molar-refractivity contribution >= 4 is 27.5 Å². The lowest BCUT2D eigenvalue weighted by Gasteiger charge is -2.34. The second kappa shape index (κ2) is 16.5. The van der Waals surface area contributed by atoms with E-state index in [4.69, 9.17) is 14.2 Å². The molecule has 1 fully saturated rings. The Morgan fingerprint density at radius 2 is 1.50 bits per heavy atom. The maximum atomic E-state index is 14.7. The van der Waals surface area contributed by atoms with E-state index in [0.29, 0.717) is 17.1 Å². The Hall–Kier alpha value is -5.10. The van der Waals surface area contributed by atoms with Gasteiger partial charge < -0.3 is 24.4 Å². The van der Waals surface area contributed by atoms with Crippen molar-refractivity contribution in [2.75, 3.05) is 32.2 Å². The number of nitrogens with one attached hydrogen (secondary N) is 1. The molecule has 0 spiro atoms.